The first-order valence-electron chi connectivity index (χ1n) is 8.39. The van der Waals surface area contributed by atoms with Crippen LogP contribution in [-0.2, 0) is 13.0 Å². The normalized spacial score (nSPS) is 10.5. The van der Waals surface area contributed by atoms with E-state index >= 15 is 0 Å². The molecule has 6 heteroatoms. The van der Waals surface area contributed by atoms with Crippen LogP contribution in [0.5, 0.6) is 6.01 Å². The van der Waals surface area contributed by atoms with E-state index in [0.717, 1.165) is 35.5 Å². The minimum absolute atomic E-state index is 0.0112. The molecule has 134 valence electrons. The number of aliphatic hydroxyl groups is 1. The predicted octanol–water partition coefficient (Wildman–Crippen LogP) is 2.88. The highest BCUT2D eigenvalue weighted by molar-refractivity contribution is 5.63. The van der Waals surface area contributed by atoms with Gasteiger partial charge in [-0.2, -0.15) is 9.97 Å². The lowest BCUT2D eigenvalue weighted by atomic mass is 10.1. The smallest absolute Gasteiger partial charge is 0.318 e. The third kappa shape index (κ3) is 4.49. The minimum Gasteiger partial charge on any atom is -0.467 e. The maximum Gasteiger partial charge on any atom is 0.318 e. The number of nitrogen functional groups attached to an aromatic ring is 1. The van der Waals surface area contributed by atoms with Gasteiger partial charge in [-0.1, -0.05) is 30.3 Å². The van der Waals surface area contributed by atoms with Crippen LogP contribution in [0.3, 0.4) is 0 Å². The van der Waals surface area contributed by atoms with Crippen LogP contribution >= 0.6 is 0 Å². The van der Waals surface area contributed by atoms with Crippen LogP contribution in [0.2, 0.25) is 0 Å². The van der Waals surface area contributed by atoms with Crippen LogP contribution in [0.4, 0.5) is 11.5 Å². The van der Waals surface area contributed by atoms with Crippen LogP contribution in [-0.4, -0.2) is 28.7 Å². The van der Waals surface area contributed by atoms with Crippen molar-refractivity contribution in [2.45, 2.75) is 13.0 Å². The highest BCUT2D eigenvalue weighted by atomic mass is 16.5. The summed E-state index contributed by atoms with van der Waals surface area (Å²) in [6, 6.07) is 17.6. The van der Waals surface area contributed by atoms with Gasteiger partial charge in [0.15, 0.2) is 0 Å². The number of anilines is 2. The lowest BCUT2D eigenvalue weighted by molar-refractivity contribution is 0.282. The fraction of sp³-hybridized carbons (Fsp3) is 0.200. The molecule has 4 N–H and O–H groups in total. The fourth-order valence-corrected chi connectivity index (χ4v) is 2.60. The molecule has 0 saturated carbocycles. The van der Waals surface area contributed by atoms with Gasteiger partial charge < -0.3 is 20.9 Å². The fourth-order valence-electron chi connectivity index (χ4n) is 2.60. The van der Waals surface area contributed by atoms with Crippen LogP contribution in [0.1, 0.15) is 11.1 Å². The molecule has 0 saturated heterocycles. The number of rotatable bonds is 7. The summed E-state index contributed by atoms with van der Waals surface area (Å²) >= 11 is 0. The molecule has 0 amide bonds. The molecule has 0 spiro atoms. The maximum absolute atomic E-state index is 9.33. The molecular formula is C20H22N4O2. The Balaban J connectivity index is 1.75. The van der Waals surface area contributed by atoms with Gasteiger partial charge in [0, 0.05) is 23.9 Å². The lowest BCUT2D eigenvalue weighted by Crippen LogP contribution is -2.08. The molecule has 2 aromatic carbocycles. The largest absolute Gasteiger partial charge is 0.467 e. The van der Waals surface area contributed by atoms with Gasteiger partial charge in [-0.05, 0) is 35.7 Å². The van der Waals surface area contributed by atoms with Gasteiger partial charge >= 0.3 is 6.01 Å². The lowest BCUT2D eigenvalue weighted by Gasteiger charge is -2.10. The standard InChI is InChI=1S/C20H22N4O2/c1-26-20-23-18(16-4-2-3-15(11-16)13-25)12-19(24-20)22-10-9-14-5-7-17(21)8-6-14/h2-8,11-12,25H,9-10,13,21H2,1H3,(H,22,23,24). The molecule has 3 aromatic rings. The van der Waals surface area contributed by atoms with Crippen molar-refractivity contribution in [3.8, 4) is 17.3 Å². The zero-order chi connectivity index (χ0) is 18.4. The molecule has 1 aromatic heterocycles. The summed E-state index contributed by atoms with van der Waals surface area (Å²) < 4.78 is 5.23. The zero-order valence-corrected chi connectivity index (χ0v) is 14.6. The molecule has 0 aliphatic rings. The van der Waals surface area contributed by atoms with Crippen molar-refractivity contribution in [2.24, 2.45) is 0 Å². The van der Waals surface area contributed by atoms with Crippen molar-refractivity contribution in [3.63, 3.8) is 0 Å². The van der Waals surface area contributed by atoms with E-state index in [1.807, 2.05) is 54.6 Å². The van der Waals surface area contributed by atoms with Crippen LogP contribution < -0.4 is 15.8 Å². The molecule has 3 rings (SSSR count). The van der Waals surface area contributed by atoms with Crippen LogP contribution in [0.25, 0.3) is 11.3 Å². The Morgan fingerprint density at radius 2 is 1.85 bits per heavy atom. The monoisotopic (exact) mass is 350 g/mol. The summed E-state index contributed by atoms with van der Waals surface area (Å²) in [7, 11) is 1.54. The van der Waals surface area contributed by atoms with E-state index in [2.05, 4.69) is 15.3 Å². The Hall–Kier alpha value is -3.12. The van der Waals surface area contributed by atoms with Crippen molar-refractivity contribution in [1.29, 1.82) is 0 Å². The molecule has 0 aliphatic heterocycles. The van der Waals surface area contributed by atoms with E-state index in [0.29, 0.717) is 11.8 Å². The van der Waals surface area contributed by atoms with Crippen molar-refractivity contribution < 1.29 is 9.84 Å². The SMILES string of the molecule is COc1nc(NCCc2ccc(N)cc2)cc(-c2cccc(CO)c2)n1. The number of nitrogens with zero attached hydrogens (tertiary/aromatic N) is 2. The van der Waals surface area contributed by atoms with Gasteiger partial charge in [0.2, 0.25) is 0 Å². The number of hydrogen-bond donors (Lipinski definition) is 3. The van der Waals surface area contributed by atoms with Gasteiger partial charge in [0.05, 0.1) is 19.4 Å². The Bertz CT molecular complexity index is 866. The van der Waals surface area contributed by atoms with E-state index in [1.165, 1.54) is 5.56 Å². The molecule has 0 fully saturated rings. The number of methoxy groups -OCH3 is 1. The molecule has 0 bridgehead atoms. The molecule has 0 unspecified atom stereocenters. The summed E-state index contributed by atoms with van der Waals surface area (Å²) in [6.07, 6.45) is 0.849. The Labute approximate surface area is 152 Å². The molecule has 0 radical (unpaired) electrons. The first kappa shape index (κ1) is 17.7. The number of aliphatic hydroxyl groups excluding tert-OH is 1. The van der Waals surface area contributed by atoms with Crippen molar-refractivity contribution >= 4 is 11.5 Å². The second kappa shape index (κ2) is 8.31. The van der Waals surface area contributed by atoms with Crippen LogP contribution in [0.15, 0.2) is 54.6 Å². The van der Waals surface area contributed by atoms with Gasteiger partial charge in [-0.3, -0.25) is 0 Å². The summed E-state index contributed by atoms with van der Waals surface area (Å²) in [5, 5.41) is 12.6. The summed E-state index contributed by atoms with van der Waals surface area (Å²) in [4.78, 5) is 8.76. The van der Waals surface area contributed by atoms with Crippen LogP contribution in [0, 0.1) is 0 Å². The van der Waals surface area contributed by atoms with Crippen molar-refractivity contribution in [3.05, 3.63) is 65.7 Å². The molecule has 1 heterocycles. The van der Waals surface area contributed by atoms with E-state index in [4.69, 9.17) is 10.5 Å². The van der Waals surface area contributed by atoms with Gasteiger partial charge in [0.25, 0.3) is 0 Å². The van der Waals surface area contributed by atoms with Crippen molar-refractivity contribution in [2.75, 3.05) is 24.7 Å². The average Bonchev–Trinajstić information content (AvgIpc) is 2.69. The summed E-state index contributed by atoms with van der Waals surface area (Å²) in [5.74, 6) is 0.691. The van der Waals surface area contributed by atoms with Crippen molar-refractivity contribution in [1.82, 2.24) is 9.97 Å². The highest BCUT2D eigenvalue weighted by Gasteiger charge is 2.08. The molecular weight excluding hydrogens is 328 g/mol. The molecule has 26 heavy (non-hydrogen) atoms. The second-order valence-electron chi connectivity index (χ2n) is 5.90. The Morgan fingerprint density at radius 1 is 1.04 bits per heavy atom. The number of nitrogens with one attached hydrogen (secondary N) is 1. The van der Waals surface area contributed by atoms with Gasteiger partial charge in [0.1, 0.15) is 5.82 Å². The first-order chi connectivity index (χ1) is 12.7. The second-order valence-corrected chi connectivity index (χ2v) is 5.90. The third-order valence-electron chi connectivity index (χ3n) is 3.99. The van der Waals surface area contributed by atoms with Gasteiger partial charge in [-0.25, -0.2) is 0 Å². The first-order valence-corrected chi connectivity index (χ1v) is 8.39. The predicted molar refractivity (Wildman–Crippen MR) is 103 cm³/mol. The van der Waals surface area contributed by atoms with E-state index in [1.54, 1.807) is 7.11 Å². The van der Waals surface area contributed by atoms with E-state index in [-0.39, 0.29) is 6.61 Å². The Kier molecular flexibility index (Phi) is 5.66. The number of hydrogen-bond acceptors (Lipinski definition) is 6. The van der Waals surface area contributed by atoms with Gasteiger partial charge in [-0.15, -0.1) is 0 Å². The number of benzene rings is 2. The number of ether oxygens (including phenoxy) is 1. The zero-order valence-electron chi connectivity index (χ0n) is 14.6. The summed E-state index contributed by atoms with van der Waals surface area (Å²) in [6.45, 7) is 0.711. The molecule has 0 atom stereocenters. The summed E-state index contributed by atoms with van der Waals surface area (Å²) in [5.41, 5.74) is 10.1. The average molecular weight is 350 g/mol. The third-order valence-corrected chi connectivity index (χ3v) is 3.99. The molecule has 6 nitrogen and oxygen atoms in total. The minimum atomic E-state index is -0.0112. The maximum atomic E-state index is 9.33. The Morgan fingerprint density at radius 3 is 2.58 bits per heavy atom. The van der Waals surface area contributed by atoms with E-state index < -0.39 is 0 Å². The molecule has 0 aliphatic carbocycles. The quantitative estimate of drug-likeness (QED) is 0.567. The number of nitrogens with two attached hydrogens (primary N) is 1. The number of aromatic nitrogens is 2. The van der Waals surface area contributed by atoms with E-state index in [9.17, 15) is 5.11 Å². The topological polar surface area (TPSA) is 93.3 Å². The highest BCUT2D eigenvalue weighted by Crippen LogP contribution is 2.23.